The molecule has 0 atom stereocenters. The zero-order chi connectivity index (χ0) is 18.4. The van der Waals surface area contributed by atoms with E-state index in [0.717, 1.165) is 15.6 Å². The summed E-state index contributed by atoms with van der Waals surface area (Å²) in [5, 5.41) is 0. The first kappa shape index (κ1) is 19.0. The number of benzene rings is 2. The molecule has 0 aromatic heterocycles. The lowest BCUT2D eigenvalue weighted by molar-refractivity contribution is 0.324. The summed E-state index contributed by atoms with van der Waals surface area (Å²) in [7, 11) is 7.98. The Labute approximate surface area is 156 Å². The van der Waals surface area contributed by atoms with Crippen LogP contribution in [0, 0.1) is 0 Å². The molecule has 0 bridgehead atoms. The molecule has 5 nitrogen and oxygen atoms in total. The van der Waals surface area contributed by atoms with Crippen molar-refractivity contribution in [1.82, 2.24) is 0 Å². The standard InChI is InChI=1S/C19H21BrO5/c1-21-15-9-12(8-14(20)18(15)24-4)6-7-13-10-16(22-2)19(25-5)17(11-13)23-3/h6-11H,1-5H3. The van der Waals surface area contributed by atoms with Gasteiger partial charge >= 0.3 is 0 Å². The van der Waals surface area contributed by atoms with E-state index in [2.05, 4.69) is 15.9 Å². The fraction of sp³-hybridized carbons (Fsp3) is 0.263. The Morgan fingerprint density at radius 2 is 1.00 bits per heavy atom. The van der Waals surface area contributed by atoms with Gasteiger partial charge in [-0.05, 0) is 51.3 Å². The molecule has 0 saturated carbocycles. The molecule has 0 aliphatic rings. The Morgan fingerprint density at radius 3 is 1.40 bits per heavy atom. The number of hydrogen-bond acceptors (Lipinski definition) is 5. The van der Waals surface area contributed by atoms with Gasteiger partial charge in [0.05, 0.1) is 40.0 Å². The summed E-state index contributed by atoms with van der Waals surface area (Å²) in [5.74, 6) is 3.09. The van der Waals surface area contributed by atoms with Crippen molar-refractivity contribution in [2.24, 2.45) is 0 Å². The zero-order valence-corrected chi connectivity index (χ0v) is 16.5. The third-order valence-electron chi connectivity index (χ3n) is 3.61. The van der Waals surface area contributed by atoms with Gasteiger partial charge in [-0.1, -0.05) is 12.2 Å². The largest absolute Gasteiger partial charge is 0.493 e. The lowest BCUT2D eigenvalue weighted by Gasteiger charge is -2.13. The van der Waals surface area contributed by atoms with E-state index in [1.54, 1.807) is 35.5 Å². The maximum atomic E-state index is 5.37. The Bertz CT molecular complexity index is 746. The lowest BCUT2D eigenvalue weighted by Crippen LogP contribution is -1.95. The predicted octanol–water partition coefficient (Wildman–Crippen LogP) is 4.66. The topological polar surface area (TPSA) is 46.2 Å². The van der Waals surface area contributed by atoms with Crippen molar-refractivity contribution in [1.29, 1.82) is 0 Å². The molecule has 0 aliphatic carbocycles. The Morgan fingerprint density at radius 1 is 0.600 bits per heavy atom. The highest BCUT2D eigenvalue weighted by atomic mass is 79.9. The highest BCUT2D eigenvalue weighted by Gasteiger charge is 2.12. The number of hydrogen-bond donors (Lipinski definition) is 0. The van der Waals surface area contributed by atoms with E-state index in [9.17, 15) is 0 Å². The highest BCUT2D eigenvalue weighted by molar-refractivity contribution is 9.10. The molecule has 0 N–H and O–H groups in total. The van der Waals surface area contributed by atoms with E-state index in [4.69, 9.17) is 23.7 Å². The van der Waals surface area contributed by atoms with Crippen LogP contribution in [0.5, 0.6) is 28.7 Å². The first-order chi connectivity index (χ1) is 12.1. The van der Waals surface area contributed by atoms with E-state index < -0.39 is 0 Å². The summed E-state index contributed by atoms with van der Waals surface area (Å²) < 4.78 is 27.6. The molecule has 0 unspecified atom stereocenters. The molecule has 0 fully saturated rings. The summed E-state index contributed by atoms with van der Waals surface area (Å²) >= 11 is 3.49. The second kappa shape index (κ2) is 8.67. The zero-order valence-electron chi connectivity index (χ0n) is 14.9. The Kier molecular flexibility index (Phi) is 6.58. The summed E-state index contributed by atoms with van der Waals surface area (Å²) in [6.45, 7) is 0. The molecule has 0 spiro atoms. The molecule has 0 amide bonds. The number of rotatable bonds is 7. The molecule has 25 heavy (non-hydrogen) atoms. The van der Waals surface area contributed by atoms with Crippen LogP contribution in [0.2, 0.25) is 0 Å². The molecular formula is C19H21BrO5. The van der Waals surface area contributed by atoms with Crippen LogP contribution < -0.4 is 23.7 Å². The molecule has 0 aliphatic heterocycles. The van der Waals surface area contributed by atoms with Crippen LogP contribution in [0.4, 0.5) is 0 Å². The van der Waals surface area contributed by atoms with Crippen molar-refractivity contribution in [2.75, 3.05) is 35.5 Å². The van der Waals surface area contributed by atoms with Crippen molar-refractivity contribution >= 4 is 28.1 Å². The van der Waals surface area contributed by atoms with Gasteiger partial charge in [0.15, 0.2) is 23.0 Å². The van der Waals surface area contributed by atoms with Crippen molar-refractivity contribution in [3.63, 3.8) is 0 Å². The fourth-order valence-electron chi connectivity index (χ4n) is 2.42. The van der Waals surface area contributed by atoms with Crippen LogP contribution in [0.3, 0.4) is 0 Å². The molecule has 2 aromatic carbocycles. The monoisotopic (exact) mass is 408 g/mol. The average molecular weight is 409 g/mol. The molecule has 2 aromatic rings. The van der Waals surface area contributed by atoms with Crippen LogP contribution in [0.25, 0.3) is 12.2 Å². The minimum absolute atomic E-state index is 0.566. The number of halogens is 1. The van der Waals surface area contributed by atoms with Crippen LogP contribution in [0.15, 0.2) is 28.7 Å². The van der Waals surface area contributed by atoms with Crippen molar-refractivity contribution in [3.05, 3.63) is 39.9 Å². The van der Waals surface area contributed by atoms with Gasteiger partial charge in [0.1, 0.15) is 0 Å². The number of methoxy groups -OCH3 is 5. The normalized spacial score (nSPS) is 10.6. The van der Waals surface area contributed by atoms with Gasteiger partial charge in [-0.2, -0.15) is 0 Å². The van der Waals surface area contributed by atoms with E-state index in [-0.39, 0.29) is 0 Å². The lowest BCUT2D eigenvalue weighted by atomic mass is 10.1. The maximum absolute atomic E-state index is 5.37. The predicted molar refractivity (Wildman–Crippen MR) is 102 cm³/mol. The second-order valence-corrected chi connectivity index (χ2v) is 5.88. The highest BCUT2D eigenvalue weighted by Crippen LogP contribution is 2.39. The quantitative estimate of drug-likeness (QED) is 0.623. The van der Waals surface area contributed by atoms with Gasteiger partial charge in [0, 0.05) is 0 Å². The van der Waals surface area contributed by atoms with Crippen molar-refractivity contribution in [2.45, 2.75) is 0 Å². The number of ether oxygens (including phenoxy) is 5. The van der Waals surface area contributed by atoms with E-state index in [1.165, 1.54) is 0 Å². The average Bonchev–Trinajstić information content (AvgIpc) is 2.64. The Hall–Kier alpha value is -2.34. The molecule has 0 heterocycles. The van der Waals surface area contributed by atoms with Gasteiger partial charge in [-0.25, -0.2) is 0 Å². The molecular weight excluding hydrogens is 388 g/mol. The van der Waals surface area contributed by atoms with Crippen LogP contribution in [-0.2, 0) is 0 Å². The third-order valence-corrected chi connectivity index (χ3v) is 4.20. The molecule has 0 saturated heterocycles. The first-order valence-electron chi connectivity index (χ1n) is 7.47. The van der Waals surface area contributed by atoms with Gasteiger partial charge in [-0.3, -0.25) is 0 Å². The first-order valence-corrected chi connectivity index (χ1v) is 8.26. The summed E-state index contributed by atoms with van der Waals surface area (Å²) in [6, 6.07) is 7.62. The summed E-state index contributed by atoms with van der Waals surface area (Å²) in [6.07, 6.45) is 3.92. The minimum atomic E-state index is 0.566. The van der Waals surface area contributed by atoms with Gasteiger partial charge < -0.3 is 23.7 Å². The smallest absolute Gasteiger partial charge is 0.203 e. The van der Waals surface area contributed by atoms with E-state index >= 15 is 0 Å². The van der Waals surface area contributed by atoms with Gasteiger partial charge in [0.2, 0.25) is 5.75 Å². The molecule has 6 heteroatoms. The third kappa shape index (κ3) is 4.20. The van der Waals surface area contributed by atoms with E-state index in [1.807, 2.05) is 36.4 Å². The van der Waals surface area contributed by atoms with Crippen molar-refractivity contribution in [3.8, 4) is 28.7 Å². The summed E-state index contributed by atoms with van der Waals surface area (Å²) in [5.41, 5.74) is 1.87. The molecule has 0 radical (unpaired) electrons. The van der Waals surface area contributed by atoms with Crippen LogP contribution in [-0.4, -0.2) is 35.5 Å². The minimum Gasteiger partial charge on any atom is -0.493 e. The van der Waals surface area contributed by atoms with Crippen LogP contribution in [0.1, 0.15) is 11.1 Å². The van der Waals surface area contributed by atoms with Crippen LogP contribution >= 0.6 is 15.9 Å². The van der Waals surface area contributed by atoms with Crippen molar-refractivity contribution < 1.29 is 23.7 Å². The van der Waals surface area contributed by atoms with Gasteiger partial charge in [-0.15, -0.1) is 0 Å². The molecule has 2 rings (SSSR count). The summed E-state index contributed by atoms with van der Waals surface area (Å²) in [4.78, 5) is 0. The maximum Gasteiger partial charge on any atom is 0.203 e. The molecule has 134 valence electrons. The fourth-order valence-corrected chi connectivity index (χ4v) is 3.05. The van der Waals surface area contributed by atoms with E-state index in [0.29, 0.717) is 28.7 Å². The second-order valence-electron chi connectivity index (χ2n) is 5.03. The Balaban J connectivity index is 2.41. The van der Waals surface area contributed by atoms with Gasteiger partial charge in [0.25, 0.3) is 0 Å². The SMILES string of the molecule is COc1cc(C=Cc2cc(OC)c(OC)c(OC)c2)cc(Br)c1OC.